The number of nitrogens with zero attached hydrogens (tertiary/aromatic N) is 1. The van der Waals surface area contributed by atoms with Gasteiger partial charge in [0.2, 0.25) is 5.91 Å². The fourth-order valence-corrected chi connectivity index (χ4v) is 3.89. The molecule has 0 aromatic rings. The number of carbonyl (C=O) groups is 1. The molecule has 122 valence electrons. The Hall–Kier alpha value is -0.610. The molecule has 2 rings (SSSR count). The molecule has 2 fully saturated rings. The minimum atomic E-state index is -0.506. The molecule has 2 saturated carbocycles. The van der Waals surface area contributed by atoms with Crippen LogP contribution in [-0.2, 0) is 4.79 Å². The van der Waals surface area contributed by atoms with Crippen LogP contribution in [0.5, 0.6) is 0 Å². The molecule has 0 aliphatic heterocycles. The van der Waals surface area contributed by atoms with E-state index in [2.05, 4.69) is 37.9 Å². The molecule has 2 unspecified atom stereocenters. The highest BCUT2D eigenvalue weighted by molar-refractivity contribution is 5.85. The zero-order valence-electron chi connectivity index (χ0n) is 14.2. The van der Waals surface area contributed by atoms with E-state index in [4.69, 9.17) is 5.73 Å². The molecule has 4 heteroatoms. The van der Waals surface area contributed by atoms with Crippen molar-refractivity contribution >= 4 is 5.91 Å². The van der Waals surface area contributed by atoms with Crippen LogP contribution >= 0.6 is 0 Å². The molecule has 2 atom stereocenters. The third-order valence-corrected chi connectivity index (χ3v) is 5.06. The minimum absolute atomic E-state index is 0.170. The first-order valence-corrected chi connectivity index (χ1v) is 8.67. The maximum absolute atomic E-state index is 12.1. The van der Waals surface area contributed by atoms with Gasteiger partial charge in [-0.3, -0.25) is 9.69 Å². The van der Waals surface area contributed by atoms with Crippen molar-refractivity contribution in [1.82, 2.24) is 10.2 Å². The lowest BCUT2D eigenvalue weighted by Gasteiger charge is -2.45. The number of rotatable bonds is 7. The van der Waals surface area contributed by atoms with Gasteiger partial charge >= 0.3 is 0 Å². The summed E-state index contributed by atoms with van der Waals surface area (Å²) in [6, 6.07) is 1.31. The summed E-state index contributed by atoms with van der Waals surface area (Å²) in [5, 5.41) is 3.49. The van der Waals surface area contributed by atoms with Gasteiger partial charge in [0.25, 0.3) is 0 Å². The molecular formula is C17H33N3O. The average Bonchev–Trinajstić information content (AvgIpc) is 3.18. The summed E-state index contributed by atoms with van der Waals surface area (Å²) in [6.07, 6.45) is 6.78. The summed E-state index contributed by atoms with van der Waals surface area (Å²) in [5.74, 6) is 0.714. The second-order valence-corrected chi connectivity index (χ2v) is 7.73. The number of hydrogen-bond acceptors (Lipinski definition) is 3. The highest BCUT2D eigenvalue weighted by Gasteiger charge is 2.44. The van der Waals surface area contributed by atoms with Crippen LogP contribution in [0.25, 0.3) is 0 Å². The van der Waals surface area contributed by atoms with Gasteiger partial charge in [-0.1, -0.05) is 0 Å². The predicted octanol–water partition coefficient (Wildman–Crippen LogP) is 2.27. The molecule has 0 saturated heterocycles. The Morgan fingerprint density at radius 2 is 1.95 bits per heavy atom. The third kappa shape index (κ3) is 4.19. The molecule has 2 aliphatic rings. The Morgan fingerprint density at radius 1 is 1.29 bits per heavy atom. The number of nitrogens with two attached hydrogens (primary N) is 1. The maximum atomic E-state index is 12.1. The van der Waals surface area contributed by atoms with Crippen LogP contribution in [0.4, 0.5) is 0 Å². The van der Waals surface area contributed by atoms with Gasteiger partial charge in [-0.05, 0) is 72.1 Å². The topological polar surface area (TPSA) is 58.4 Å². The van der Waals surface area contributed by atoms with Crippen LogP contribution in [0.15, 0.2) is 0 Å². The van der Waals surface area contributed by atoms with E-state index < -0.39 is 5.54 Å². The Labute approximate surface area is 129 Å². The predicted molar refractivity (Wildman–Crippen MR) is 87.0 cm³/mol. The van der Waals surface area contributed by atoms with Gasteiger partial charge in [-0.15, -0.1) is 0 Å². The van der Waals surface area contributed by atoms with Gasteiger partial charge in [-0.2, -0.15) is 0 Å². The largest absolute Gasteiger partial charge is 0.368 e. The van der Waals surface area contributed by atoms with E-state index in [-0.39, 0.29) is 11.9 Å². The number of amides is 1. The SMILES string of the molecule is CC(C)NC1(C(N)=O)CCCC(N(CC2CC2)C(C)C)C1. The van der Waals surface area contributed by atoms with E-state index in [9.17, 15) is 4.79 Å². The fraction of sp³-hybridized carbons (Fsp3) is 0.941. The van der Waals surface area contributed by atoms with E-state index >= 15 is 0 Å². The molecule has 4 nitrogen and oxygen atoms in total. The Bertz CT molecular complexity index is 365. The standard InChI is InChI=1S/C17H33N3O/c1-12(2)19-17(16(18)21)9-5-6-15(10-17)20(13(3)4)11-14-7-8-14/h12-15,19H,5-11H2,1-4H3,(H2,18,21). The van der Waals surface area contributed by atoms with E-state index in [1.165, 1.54) is 25.8 Å². The normalized spacial score (nSPS) is 30.3. The molecule has 0 bridgehead atoms. The zero-order valence-corrected chi connectivity index (χ0v) is 14.2. The number of carbonyl (C=O) groups excluding carboxylic acids is 1. The van der Waals surface area contributed by atoms with Crippen molar-refractivity contribution in [2.75, 3.05) is 6.54 Å². The lowest BCUT2D eigenvalue weighted by Crippen LogP contribution is -2.62. The Morgan fingerprint density at radius 3 is 2.43 bits per heavy atom. The van der Waals surface area contributed by atoms with Gasteiger partial charge < -0.3 is 11.1 Å². The van der Waals surface area contributed by atoms with Crippen LogP contribution in [0, 0.1) is 5.92 Å². The highest BCUT2D eigenvalue weighted by atomic mass is 16.1. The van der Waals surface area contributed by atoms with Crippen molar-refractivity contribution in [3.63, 3.8) is 0 Å². The molecule has 0 spiro atoms. The number of nitrogens with one attached hydrogen (secondary N) is 1. The lowest BCUT2D eigenvalue weighted by molar-refractivity contribution is -0.127. The van der Waals surface area contributed by atoms with Gasteiger partial charge in [0.1, 0.15) is 0 Å². The minimum Gasteiger partial charge on any atom is -0.368 e. The van der Waals surface area contributed by atoms with Crippen molar-refractivity contribution in [2.24, 2.45) is 11.7 Å². The smallest absolute Gasteiger partial charge is 0.237 e. The molecule has 2 aliphatic carbocycles. The molecule has 0 heterocycles. The molecule has 0 aromatic heterocycles. The van der Waals surface area contributed by atoms with Crippen molar-refractivity contribution in [2.45, 2.75) is 89.9 Å². The Kier molecular flexibility index (Phi) is 5.31. The van der Waals surface area contributed by atoms with Crippen LogP contribution in [0.1, 0.15) is 66.2 Å². The van der Waals surface area contributed by atoms with E-state index in [0.29, 0.717) is 12.1 Å². The highest BCUT2D eigenvalue weighted by Crippen LogP contribution is 2.36. The van der Waals surface area contributed by atoms with E-state index in [1.54, 1.807) is 0 Å². The molecule has 3 N–H and O–H groups in total. The van der Waals surface area contributed by atoms with Crippen molar-refractivity contribution in [3.8, 4) is 0 Å². The van der Waals surface area contributed by atoms with E-state index in [0.717, 1.165) is 25.2 Å². The molecular weight excluding hydrogens is 262 g/mol. The van der Waals surface area contributed by atoms with Crippen molar-refractivity contribution in [3.05, 3.63) is 0 Å². The monoisotopic (exact) mass is 295 g/mol. The zero-order chi connectivity index (χ0) is 15.6. The van der Waals surface area contributed by atoms with Gasteiger partial charge in [0, 0.05) is 24.7 Å². The summed E-state index contributed by atoms with van der Waals surface area (Å²) in [4.78, 5) is 14.7. The first-order valence-electron chi connectivity index (χ1n) is 8.67. The first kappa shape index (κ1) is 16.8. The fourth-order valence-electron chi connectivity index (χ4n) is 3.89. The van der Waals surface area contributed by atoms with Gasteiger partial charge in [0.15, 0.2) is 0 Å². The van der Waals surface area contributed by atoms with E-state index in [1.807, 2.05) is 0 Å². The molecule has 0 aromatic carbocycles. The van der Waals surface area contributed by atoms with Crippen LogP contribution < -0.4 is 11.1 Å². The summed E-state index contributed by atoms with van der Waals surface area (Å²) in [7, 11) is 0. The number of hydrogen-bond donors (Lipinski definition) is 2. The van der Waals surface area contributed by atoms with Crippen molar-refractivity contribution in [1.29, 1.82) is 0 Å². The number of primary amides is 1. The second-order valence-electron chi connectivity index (χ2n) is 7.73. The molecule has 21 heavy (non-hydrogen) atoms. The second kappa shape index (κ2) is 6.66. The van der Waals surface area contributed by atoms with Crippen LogP contribution in [0.2, 0.25) is 0 Å². The van der Waals surface area contributed by atoms with Crippen molar-refractivity contribution < 1.29 is 4.79 Å². The summed E-state index contributed by atoms with van der Waals surface area (Å²) in [5.41, 5.74) is 5.28. The molecule has 0 radical (unpaired) electrons. The first-order chi connectivity index (χ1) is 9.84. The summed E-state index contributed by atoms with van der Waals surface area (Å²) < 4.78 is 0. The average molecular weight is 295 g/mol. The Balaban J connectivity index is 2.10. The lowest BCUT2D eigenvalue weighted by atomic mass is 9.77. The van der Waals surface area contributed by atoms with Gasteiger partial charge in [-0.25, -0.2) is 0 Å². The maximum Gasteiger partial charge on any atom is 0.237 e. The third-order valence-electron chi connectivity index (χ3n) is 5.06. The molecule has 1 amide bonds. The van der Waals surface area contributed by atoms with Crippen LogP contribution in [0.3, 0.4) is 0 Å². The quantitative estimate of drug-likeness (QED) is 0.757. The summed E-state index contributed by atoms with van der Waals surface area (Å²) >= 11 is 0. The summed E-state index contributed by atoms with van der Waals surface area (Å²) in [6.45, 7) is 9.94. The van der Waals surface area contributed by atoms with Crippen LogP contribution in [-0.4, -0.2) is 41.0 Å². The van der Waals surface area contributed by atoms with Gasteiger partial charge in [0.05, 0.1) is 5.54 Å².